The molecule has 0 aliphatic rings. The van der Waals surface area contributed by atoms with Crippen LogP contribution < -0.4 is 0 Å². The molecule has 0 aliphatic carbocycles. The van der Waals surface area contributed by atoms with Gasteiger partial charge in [-0.1, -0.05) is 24.3 Å². The van der Waals surface area contributed by atoms with Gasteiger partial charge in [0.15, 0.2) is 12.6 Å². The molecule has 34 heteroatoms. The van der Waals surface area contributed by atoms with Crippen LogP contribution in [-0.2, 0) is 117 Å². The molecule has 2 atom stereocenters. The number of aromatic nitrogens is 6. The minimum atomic E-state index is -2.42. The molecule has 0 aliphatic heterocycles. The van der Waals surface area contributed by atoms with Crippen molar-refractivity contribution in [3.63, 3.8) is 0 Å². The number of nitrogens with zero attached hydrogens (tertiary/aromatic N) is 6. The van der Waals surface area contributed by atoms with Crippen LogP contribution in [0.3, 0.4) is 0 Å². The van der Waals surface area contributed by atoms with E-state index in [4.69, 9.17) is 67.4 Å². The van der Waals surface area contributed by atoms with Crippen LogP contribution in [0.4, 0.5) is 0 Å². The summed E-state index contributed by atoms with van der Waals surface area (Å²) < 4.78 is 32.0. The molecule has 6 aromatic rings. The maximum absolute atomic E-state index is 8.64. The Morgan fingerprint density at radius 3 is 0.674 bits per heavy atom. The maximum atomic E-state index is 8.64. The van der Waals surface area contributed by atoms with E-state index in [0.29, 0.717) is 0 Å². The van der Waals surface area contributed by atoms with Gasteiger partial charge in [0.25, 0.3) is 0 Å². The van der Waals surface area contributed by atoms with Crippen molar-refractivity contribution < 1.29 is 145 Å². The average Bonchev–Trinajstić information content (AvgIpc) is 3.45. The summed E-state index contributed by atoms with van der Waals surface area (Å²) in [5.74, 6) is 0. The Balaban J connectivity index is -0.0000000754. The van der Waals surface area contributed by atoms with E-state index in [1.165, 1.54) is 11.1 Å². The van der Waals surface area contributed by atoms with Gasteiger partial charge < -0.3 is 117 Å². The van der Waals surface area contributed by atoms with E-state index in [2.05, 4.69) is 54.2 Å². The van der Waals surface area contributed by atoms with Gasteiger partial charge >= 0.3 is 95.5 Å². The van der Waals surface area contributed by atoms with Crippen LogP contribution in [0.25, 0.3) is 73.5 Å². The number of aryl methyl sites for hydroxylation is 2. The predicted molar refractivity (Wildman–Crippen MR) is 328 cm³/mol. The van der Waals surface area contributed by atoms with Crippen LogP contribution in [0.2, 0.25) is 12.1 Å². The summed E-state index contributed by atoms with van der Waals surface area (Å²) in [5.41, 5.74) is 7.03. The van der Waals surface area contributed by atoms with Gasteiger partial charge in [-0.15, -0.1) is 0 Å². The number of pyridine rings is 6. The standard InChI is InChI=1S/2C12H10N2.2C10H17NO3Si.C5H12O4.C3H8O4.8H2N.4Rh/c2*1(11-3-7-13-8-4-11)2-12-5-9-14-10-6-12;2*1-12-15(13-2,14-3)9-6-10-4-7-11-8-5-10;6-2-4(8)1-5(9)3-7;4-2(5)1-3(6)7;;;;;;;;;;;;/h2*1-10H;2*4-5,7-8H,6,9H2,1-3H3;4-9H,1-3H2;2-7H,1H2;8*1H2;;;;/q;;;;;;8*-1;4*+2/b2*2-1+;;;;;;;;;;;;;;;;/t;;;;4-,5+;;;;;;;;;;;;;. The SMILES string of the molecule is C(=C\c1ccncc1)/c1ccncc1.C(=C\c1ccncc1)/c1ccncc1.CO[Si](CCc1ccncc1)(OC)OC.CO[Si](CCc1ccncc1)(OC)OC.OC(O)CC(O)O.OC[C@@H](O)C[C@@H](O)CO.[NH2-].[NH2-].[NH2-].[NH2-].[NH2-].[NH2-].[NH2-].[NH2-].[Rh+2].[Rh+2].[Rh+2].[Rh+2]. The number of rotatable bonds is 22. The first-order valence-corrected chi connectivity index (χ1v) is 27.0. The molecular weight excluding hydrogens is 1510 g/mol. The first-order valence-electron chi connectivity index (χ1n) is 23.1. The molecule has 0 saturated carbocycles. The van der Waals surface area contributed by atoms with Crippen LogP contribution in [-0.4, -0.2) is 169 Å². The molecule has 0 amide bonds. The minimum absolute atomic E-state index is 0. The fraction of sp³-hybridized carbons (Fsp3) is 0.346. The zero-order chi connectivity index (χ0) is 54.7. The minimum Gasteiger partial charge on any atom is -0.693 e. The summed E-state index contributed by atoms with van der Waals surface area (Å²) in [7, 11) is 4.94. The molecule has 6 rings (SSSR count). The Hall–Kier alpha value is -3.57. The summed E-state index contributed by atoms with van der Waals surface area (Å²) in [4.78, 5) is 23.8. The third-order valence-corrected chi connectivity index (χ3v) is 15.4. The second kappa shape index (κ2) is 70.5. The summed E-state index contributed by atoms with van der Waals surface area (Å²) in [5, 5.41) is 65.6. The number of aliphatic hydroxyl groups excluding tert-OH is 6. The molecule has 0 spiro atoms. The summed E-state index contributed by atoms with van der Waals surface area (Å²) in [6, 6.07) is 25.3. The largest absolute Gasteiger partial charge is 2.00 e. The fourth-order valence-corrected chi connectivity index (χ4v) is 9.16. The van der Waals surface area contributed by atoms with E-state index < -0.39 is 48.8 Å². The third-order valence-electron chi connectivity index (χ3n) is 9.95. The Morgan fingerprint density at radius 1 is 0.337 bits per heavy atom. The Labute approximate surface area is 561 Å². The van der Waals surface area contributed by atoms with E-state index in [0.717, 1.165) is 47.2 Å². The van der Waals surface area contributed by atoms with E-state index >= 15 is 0 Å². The molecule has 6 heterocycles. The molecule has 24 N–H and O–H groups in total. The van der Waals surface area contributed by atoms with Gasteiger partial charge in [-0.2, -0.15) is 0 Å². The zero-order valence-corrected chi connectivity index (χ0v) is 57.3. The Bertz CT molecular complexity index is 2040. The van der Waals surface area contributed by atoms with Crippen LogP contribution in [0.15, 0.2) is 147 Å². The van der Waals surface area contributed by atoms with Gasteiger partial charge in [-0.3, -0.25) is 29.9 Å². The summed E-state index contributed by atoms with van der Waals surface area (Å²) in [6.45, 7) is -0.756. The second-order valence-electron chi connectivity index (χ2n) is 15.2. The molecule has 0 aromatic carbocycles. The van der Waals surface area contributed by atoms with Crippen molar-refractivity contribution >= 4 is 41.9 Å². The molecular formula is C52H90N14O14Rh4Si2. The molecule has 496 valence electrons. The summed E-state index contributed by atoms with van der Waals surface area (Å²) in [6.07, 6.45) is 25.9. The second-order valence-corrected chi connectivity index (χ2v) is 21.4. The van der Waals surface area contributed by atoms with E-state index in [1.807, 2.05) is 72.8 Å². The predicted octanol–water partition coefficient (Wildman–Crippen LogP) is 10.1. The van der Waals surface area contributed by atoms with Gasteiger partial charge in [0.05, 0.1) is 25.4 Å². The normalized spacial score (nSPS) is 10.2. The molecule has 0 unspecified atom stereocenters. The van der Waals surface area contributed by atoms with Gasteiger partial charge in [-0.05, 0) is 119 Å². The number of hydrogen-bond acceptors (Lipinski definition) is 20. The van der Waals surface area contributed by atoms with Crippen molar-refractivity contribution in [2.45, 2.75) is 62.6 Å². The maximum Gasteiger partial charge on any atom is 2.00 e. The van der Waals surface area contributed by atoms with Crippen LogP contribution >= 0.6 is 0 Å². The smallest absolute Gasteiger partial charge is 0.693 e. The van der Waals surface area contributed by atoms with Gasteiger partial charge in [0.1, 0.15) is 0 Å². The topological polar surface area (TPSA) is 563 Å². The van der Waals surface area contributed by atoms with E-state index in [-0.39, 0.29) is 147 Å². The third kappa shape index (κ3) is 54.6. The number of aliphatic hydroxyl groups is 8. The van der Waals surface area contributed by atoms with Crippen molar-refractivity contribution in [2.75, 3.05) is 55.9 Å². The molecule has 28 nitrogen and oxygen atoms in total. The summed E-state index contributed by atoms with van der Waals surface area (Å²) >= 11 is 0. The average molecular weight is 1600 g/mol. The van der Waals surface area contributed by atoms with Gasteiger partial charge in [-0.25, -0.2) is 0 Å². The quantitative estimate of drug-likeness (QED) is 0.0231. The van der Waals surface area contributed by atoms with Crippen molar-refractivity contribution in [3.8, 4) is 0 Å². The first-order chi connectivity index (χ1) is 35.7. The molecule has 6 aromatic heterocycles. The van der Waals surface area contributed by atoms with E-state index in [1.54, 1.807) is 117 Å². The molecule has 86 heavy (non-hydrogen) atoms. The van der Waals surface area contributed by atoms with Crippen LogP contribution in [0.5, 0.6) is 0 Å². The molecule has 4 radical (unpaired) electrons. The monoisotopic (exact) mass is 1600 g/mol. The van der Waals surface area contributed by atoms with Crippen molar-refractivity contribution in [3.05, 3.63) is 230 Å². The Morgan fingerprint density at radius 2 is 0.523 bits per heavy atom. The Kier molecular flexibility index (Phi) is 90.3. The van der Waals surface area contributed by atoms with E-state index in [9.17, 15) is 0 Å². The van der Waals surface area contributed by atoms with Crippen LogP contribution in [0.1, 0.15) is 46.2 Å². The fourth-order valence-electron chi connectivity index (χ4n) is 5.74. The van der Waals surface area contributed by atoms with Gasteiger partial charge in [0, 0.05) is 142 Å². The first kappa shape index (κ1) is 110. The van der Waals surface area contributed by atoms with Gasteiger partial charge in [0.2, 0.25) is 0 Å². The van der Waals surface area contributed by atoms with Crippen molar-refractivity contribution in [1.29, 1.82) is 0 Å². The van der Waals surface area contributed by atoms with Crippen molar-refractivity contribution in [1.82, 2.24) is 29.9 Å². The molecule has 0 bridgehead atoms. The van der Waals surface area contributed by atoms with Crippen LogP contribution in [0, 0.1) is 0 Å². The zero-order valence-electron chi connectivity index (χ0n) is 48.8. The number of nitrogens with two attached hydrogens (primary N) is 8. The number of hydrogen-bond donors (Lipinski definition) is 8. The van der Waals surface area contributed by atoms with Crippen molar-refractivity contribution in [2.24, 2.45) is 0 Å². The molecule has 0 saturated heterocycles. The molecule has 0 fully saturated rings.